The van der Waals surface area contributed by atoms with Crippen molar-refractivity contribution < 1.29 is 4.79 Å². The van der Waals surface area contributed by atoms with Crippen molar-refractivity contribution in [3.05, 3.63) is 71.6 Å². The Bertz CT molecular complexity index is 806. The Labute approximate surface area is 149 Å². The van der Waals surface area contributed by atoms with Gasteiger partial charge < -0.3 is 5.32 Å². The summed E-state index contributed by atoms with van der Waals surface area (Å²) in [6.07, 6.45) is 5.22. The van der Waals surface area contributed by atoms with E-state index in [1.54, 1.807) is 17.1 Å². The maximum atomic E-state index is 12.1. The average molecular weight is 359 g/mol. The van der Waals surface area contributed by atoms with Gasteiger partial charge in [-0.25, -0.2) is 9.67 Å². The molecule has 3 aromatic rings. The summed E-state index contributed by atoms with van der Waals surface area (Å²) in [5, 5.41) is 7.79. The molecule has 0 aliphatic rings. The molecule has 0 unspecified atom stereocenters. The van der Waals surface area contributed by atoms with Gasteiger partial charge >= 0.3 is 0 Å². The van der Waals surface area contributed by atoms with E-state index in [0.29, 0.717) is 23.1 Å². The van der Waals surface area contributed by atoms with Crippen LogP contribution in [-0.4, -0.2) is 26.4 Å². The second-order valence-corrected chi connectivity index (χ2v) is 6.44. The quantitative estimate of drug-likeness (QED) is 0.687. The first-order valence-electron chi connectivity index (χ1n) is 7.31. The largest absolute Gasteiger partial charge is 0.351 e. The Morgan fingerprint density at radius 1 is 1.17 bits per heavy atom. The summed E-state index contributed by atoms with van der Waals surface area (Å²) in [6, 6.07) is 13.0. The van der Waals surface area contributed by atoms with E-state index in [-0.39, 0.29) is 5.91 Å². The van der Waals surface area contributed by atoms with E-state index in [0.717, 1.165) is 10.5 Å². The Kier molecular flexibility index (Phi) is 5.51. The van der Waals surface area contributed by atoms with Crippen molar-refractivity contribution >= 4 is 29.3 Å². The van der Waals surface area contributed by atoms with Crippen LogP contribution in [-0.2, 0) is 11.3 Å². The number of hydrogen-bond acceptors (Lipinski definition) is 4. The highest BCUT2D eigenvalue weighted by atomic mass is 35.5. The maximum absolute atomic E-state index is 12.1. The number of halogens is 1. The van der Waals surface area contributed by atoms with Gasteiger partial charge in [0.25, 0.3) is 0 Å². The molecule has 0 bridgehead atoms. The molecule has 0 fully saturated rings. The van der Waals surface area contributed by atoms with Crippen molar-refractivity contribution in [1.29, 1.82) is 0 Å². The van der Waals surface area contributed by atoms with E-state index in [1.807, 2.05) is 48.7 Å². The lowest BCUT2D eigenvalue weighted by molar-refractivity contribution is -0.118. The van der Waals surface area contributed by atoms with Gasteiger partial charge in [-0.2, -0.15) is 5.10 Å². The van der Waals surface area contributed by atoms with E-state index in [9.17, 15) is 4.79 Å². The first-order chi connectivity index (χ1) is 11.7. The fraction of sp³-hybridized carbons (Fsp3) is 0.118. The molecule has 0 saturated heterocycles. The van der Waals surface area contributed by atoms with Gasteiger partial charge in [0.15, 0.2) is 5.82 Å². The minimum Gasteiger partial charge on any atom is -0.351 e. The zero-order chi connectivity index (χ0) is 16.8. The molecule has 3 rings (SSSR count). The number of nitrogens with zero attached hydrogens (tertiary/aromatic N) is 3. The van der Waals surface area contributed by atoms with Crippen LogP contribution in [0.3, 0.4) is 0 Å². The molecule has 0 atom stereocenters. The van der Waals surface area contributed by atoms with Crippen molar-refractivity contribution in [2.24, 2.45) is 0 Å². The minimum atomic E-state index is -0.0368. The van der Waals surface area contributed by atoms with E-state index in [1.165, 1.54) is 11.8 Å². The summed E-state index contributed by atoms with van der Waals surface area (Å²) in [5.41, 5.74) is 0.908. The van der Waals surface area contributed by atoms with Gasteiger partial charge in [0, 0.05) is 40.6 Å². The van der Waals surface area contributed by atoms with Crippen LogP contribution >= 0.6 is 23.4 Å². The van der Waals surface area contributed by atoms with Crippen molar-refractivity contribution in [2.75, 3.05) is 5.75 Å². The van der Waals surface area contributed by atoms with Gasteiger partial charge in [0.1, 0.15) is 0 Å². The third-order valence-corrected chi connectivity index (χ3v) is 4.51. The lowest BCUT2D eigenvalue weighted by Gasteiger charge is -2.09. The van der Waals surface area contributed by atoms with Crippen LogP contribution in [0, 0.1) is 0 Å². The van der Waals surface area contributed by atoms with Crippen LogP contribution in [0.25, 0.3) is 5.82 Å². The molecule has 0 aliphatic carbocycles. The number of rotatable bonds is 6. The predicted molar refractivity (Wildman–Crippen MR) is 95.4 cm³/mol. The van der Waals surface area contributed by atoms with Gasteiger partial charge in [-0.15, -0.1) is 11.8 Å². The SMILES string of the molecule is O=C(CSc1ccc(Cl)cc1)NCc1cccnc1-n1cccn1. The number of carbonyl (C=O) groups is 1. The molecule has 1 amide bonds. The molecule has 7 heteroatoms. The number of hydrogen-bond donors (Lipinski definition) is 1. The summed E-state index contributed by atoms with van der Waals surface area (Å²) in [5.74, 6) is 1.03. The van der Waals surface area contributed by atoms with Crippen molar-refractivity contribution in [3.8, 4) is 5.82 Å². The normalized spacial score (nSPS) is 10.5. The van der Waals surface area contributed by atoms with Gasteiger partial charge in [-0.3, -0.25) is 4.79 Å². The number of pyridine rings is 1. The van der Waals surface area contributed by atoms with E-state index >= 15 is 0 Å². The summed E-state index contributed by atoms with van der Waals surface area (Å²) in [6.45, 7) is 0.406. The fourth-order valence-corrected chi connectivity index (χ4v) is 2.95. The summed E-state index contributed by atoms with van der Waals surface area (Å²) in [7, 11) is 0. The van der Waals surface area contributed by atoms with Gasteiger partial charge in [-0.1, -0.05) is 17.7 Å². The molecule has 2 heterocycles. The third-order valence-electron chi connectivity index (χ3n) is 3.25. The zero-order valence-electron chi connectivity index (χ0n) is 12.7. The van der Waals surface area contributed by atoms with Crippen LogP contribution in [0.1, 0.15) is 5.56 Å². The number of amides is 1. The highest BCUT2D eigenvalue weighted by Gasteiger charge is 2.08. The third kappa shape index (κ3) is 4.37. The average Bonchev–Trinajstić information content (AvgIpc) is 3.14. The number of carbonyl (C=O) groups excluding carboxylic acids is 1. The number of aromatic nitrogens is 3. The van der Waals surface area contributed by atoms with E-state index in [2.05, 4.69) is 15.4 Å². The van der Waals surface area contributed by atoms with Crippen LogP contribution in [0.2, 0.25) is 5.02 Å². The maximum Gasteiger partial charge on any atom is 0.230 e. The number of thioether (sulfide) groups is 1. The Hall–Kier alpha value is -2.31. The number of nitrogens with one attached hydrogen (secondary N) is 1. The van der Waals surface area contributed by atoms with E-state index in [4.69, 9.17) is 11.6 Å². The topological polar surface area (TPSA) is 59.8 Å². The second kappa shape index (κ2) is 7.99. The molecule has 1 N–H and O–H groups in total. The van der Waals surface area contributed by atoms with Crippen LogP contribution < -0.4 is 5.32 Å². The van der Waals surface area contributed by atoms with Gasteiger partial charge in [-0.05, 0) is 36.4 Å². The van der Waals surface area contributed by atoms with Gasteiger partial charge in [0.2, 0.25) is 5.91 Å². The predicted octanol–water partition coefficient (Wildman–Crippen LogP) is 3.33. The molecule has 122 valence electrons. The highest BCUT2D eigenvalue weighted by Crippen LogP contribution is 2.20. The molecule has 1 aromatic carbocycles. The van der Waals surface area contributed by atoms with Gasteiger partial charge in [0.05, 0.1) is 5.75 Å². The van der Waals surface area contributed by atoms with Crippen LogP contribution in [0.15, 0.2) is 66.0 Å². The van der Waals surface area contributed by atoms with Crippen molar-refractivity contribution in [2.45, 2.75) is 11.4 Å². The van der Waals surface area contributed by atoms with Crippen molar-refractivity contribution in [3.63, 3.8) is 0 Å². The first-order valence-corrected chi connectivity index (χ1v) is 8.68. The number of benzene rings is 1. The monoisotopic (exact) mass is 358 g/mol. The molecular formula is C17H15ClN4OS. The standard InChI is InChI=1S/C17H15ClN4OS/c18-14-4-6-15(7-5-14)24-12-16(23)20-11-13-3-1-8-19-17(13)22-10-2-9-21-22/h1-10H,11-12H2,(H,20,23). The molecule has 0 spiro atoms. The fourth-order valence-electron chi connectivity index (χ4n) is 2.09. The Morgan fingerprint density at radius 3 is 2.75 bits per heavy atom. The first kappa shape index (κ1) is 16.5. The second-order valence-electron chi connectivity index (χ2n) is 4.96. The highest BCUT2D eigenvalue weighted by molar-refractivity contribution is 8.00. The summed E-state index contributed by atoms with van der Waals surface area (Å²) in [4.78, 5) is 17.4. The Balaban J connectivity index is 1.56. The molecular weight excluding hydrogens is 344 g/mol. The molecule has 0 radical (unpaired) electrons. The lowest BCUT2D eigenvalue weighted by atomic mass is 10.2. The van der Waals surface area contributed by atoms with Crippen LogP contribution in [0.5, 0.6) is 0 Å². The smallest absolute Gasteiger partial charge is 0.230 e. The summed E-state index contributed by atoms with van der Waals surface area (Å²) >= 11 is 7.32. The van der Waals surface area contributed by atoms with E-state index < -0.39 is 0 Å². The summed E-state index contributed by atoms with van der Waals surface area (Å²) < 4.78 is 1.68. The molecule has 0 aliphatic heterocycles. The zero-order valence-corrected chi connectivity index (χ0v) is 14.3. The molecule has 2 aromatic heterocycles. The molecule has 24 heavy (non-hydrogen) atoms. The van der Waals surface area contributed by atoms with Crippen molar-refractivity contribution in [1.82, 2.24) is 20.1 Å². The Morgan fingerprint density at radius 2 is 2.00 bits per heavy atom. The molecule has 5 nitrogen and oxygen atoms in total. The van der Waals surface area contributed by atoms with Crippen LogP contribution in [0.4, 0.5) is 0 Å². The molecule has 0 saturated carbocycles. The minimum absolute atomic E-state index is 0.0368. The lowest BCUT2D eigenvalue weighted by Crippen LogP contribution is -2.25.